The number of aryl methyl sites for hydroxylation is 1. The number of aromatic nitrogens is 3. The van der Waals surface area contributed by atoms with Crippen molar-refractivity contribution in [3.05, 3.63) is 20.7 Å². The van der Waals surface area contributed by atoms with E-state index in [0.717, 1.165) is 12.8 Å². The summed E-state index contributed by atoms with van der Waals surface area (Å²) in [5.41, 5.74) is -1.56. The van der Waals surface area contributed by atoms with Crippen LogP contribution in [0.2, 0.25) is 0 Å². The van der Waals surface area contributed by atoms with Crippen LogP contribution in [0, 0.1) is 0 Å². The minimum absolute atomic E-state index is 0.135. The summed E-state index contributed by atoms with van der Waals surface area (Å²) >= 11 is 1.24. The lowest BCUT2D eigenvalue weighted by Gasteiger charge is -2.09. The van der Waals surface area contributed by atoms with Crippen LogP contribution < -0.4 is 11.1 Å². The Bertz CT molecular complexity index is 534. The molecule has 0 aliphatic heterocycles. The highest BCUT2D eigenvalue weighted by molar-refractivity contribution is 8.00. The minimum Gasteiger partial charge on any atom is -0.298 e. The molecule has 86 valence electrons. The Morgan fingerprint density at radius 1 is 1.44 bits per heavy atom. The quantitative estimate of drug-likeness (QED) is 0.717. The van der Waals surface area contributed by atoms with Crippen molar-refractivity contribution in [2.75, 3.05) is 0 Å². The summed E-state index contributed by atoms with van der Waals surface area (Å²) in [6, 6.07) is 0. The zero-order chi connectivity index (χ0) is 11.7. The van der Waals surface area contributed by atoms with E-state index in [-0.39, 0.29) is 11.0 Å². The number of thioether (sulfide) groups is 1. The van der Waals surface area contributed by atoms with E-state index >= 15 is 0 Å². The van der Waals surface area contributed by atoms with E-state index < -0.39 is 11.1 Å². The van der Waals surface area contributed by atoms with Gasteiger partial charge in [-0.2, -0.15) is 4.98 Å². The first-order valence-electron chi connectivity index (χ1n) is 4.94. The molecular formula is C9H11N3O3S. The molecule has 1 unspecified atom stereocenters. The molecule has 1 N–H and O–H groups in total. The van der Waals surface area contributed by atoms with Gasteiger partial charge in [0.2, 0.25) is 0 Å². The summed E-state index contributed by atoms with van der Waals surface area (Å²) < 4.78 is 1.37. The number of H-pyrrole nitrogens is 1. The largest absolute Gasteiger partial charge is 0.339 e. The molecule has 1 fully saturated rings. The number of carbonyl (C=O) groups excluding carboxylic acids is 1. The standard InChI is InChI=1S/C9H11N3O3S/c1-12-9(10-7(14)8(15)11-12)16-6-4-2-3-5(6)13/h6H,2-4H2,1H3,(H,11,15). The average molecular weight is 241 g/mol. The number of hydrogen-bond donors (Lipinski definition) is 1. The Morgan fingerprint density at radius 2 is 2.19 bits per heavy atom. The van der Waals surface area contributed by atoms with Gasteiger partial charge in [0.15, 0.2) is 5.16 Å². The second-order valence-electron chi connectivity index (χ2n) is 3.66. The van der Waals surface area contributed by atoms with E-state index in [4.69, 9.17) is 0 Å². The molecule has 6 nitrogen and oxygen atoms in total. The van der Waals surface area contributed by atoms with Crippen LogP contribution in [-0.2, 0) is 11.8 Å². The van der Waals surface area contributed by atoms with Crippen molar-refractivity contribution < 1.29 is 4.79 Å². The van der Waals surface area contributed by atoms with Gasteiger partial charge in [-0.05, 0) is 12.8 Å². The van der Waals surface area contributed by atoms with Crippen molar-refractivity contribution >= 4 is 17.5 Å². The minimum atomic E-state index is -0.814. The van der Waals surface area contributed by atoms with Crippen molar-refractivity contribution in [3.8, 4) is 0 Å². The predicted molar refractivity (Wildman–Crippen MR) is 58.6 cm³/mol. The van der Waals surface area contributed by atoms with Crippen molar-refractivity contribution in [3.63, 3.8) is 0 Å². The van der Waals surface area contributed by atoms with Crippen LogP contribution in [0.25, 0.3) is 0 Å². The lowest BCUT2D eigenvalue weighted by molar-refractivity contribution is -0.116. The lowest BCUT2D eigenvalue weighted by Crippen LogP contribution is -2.34. The van der Waals surface area contributed by atoms with Crippen molar-refractivity contribution in [2.45, 2.75) is 29.7 Å². The van der Waals surface area contributed by atoms with Crippen LogP contribution in [0.15, 0.2) is 14.7 Å². The third-order valence-electron chi connectivity index (χ3n) is 2.44. The summed E-state index contributed by atoms with van der Waals surface area (Å²) in [7, 11) is 1.59. The van der Waals surface area contributed by atoms with Gasteiger partial charge in [0.05, 0.1) is 5.25 Å². The Hall–Kier alpha value is -1.37. The Labute approximate surface area is 95.1 Å². The fourth-order valence-corrected chi connectivity index (χ4v) is 2.73. The zero-order valence-corrected chi connectivity index (χ0v) is 9.54. The summed E-state index contributed by atoms with van der Waals surface area (Å²) in [5.74, 6) is 0.186. The molecule has 1 aromatic rings. The molecule has 16 heavy (non-hydrogen) atoms. The molecule has 0 radical (unpaired) electrons. The number of hydrogen-bond acceptors (Lipinski definition) is 5. The van der Waals surface area contributed by atoms with Crippen LogP contribution in [0.3, 0.4) is 0 Å². The van der Waals surface area contributed by atoms with Crippen molar-refractivity contribution in [1.29, 1.82) is 0 Å². The van der Waals surface area contributed by atoms with E-state index in [1.807, 2.05) is 0 Å². The predicted octanol–water partition coefficient (Wildman–Crippen LogP) is -0.318. The van der Waals surface area contributed by atoms with E-state index in [0.29, 0.717) is 11.6 Å². The van der Waals surface area contributed by atoms with E-state index in [2.05, 4.69) is 10.1 Å². The zero-order valence-electron chi connectivity index (χ0n) is 8.73. The second kappa shape index (κ2) is 4.25. The Morgan fingerprint density at radius 3 is 2.81 bits per heavy atom. The molecule has 0 amide bonds. The number of carbonyl (C=O) groups is 1. The fourth-order valence-electron chi connectivity index (χ4n) is 1.60. The molecule has 0 saturated heterocycles. The van der Waals surface area contributed by atoms with Crippen molar-refractivity contribution in [2.24, 2.45) is 7.05 Å². The highest BCUT2D eigenvalue weighted by atomic mass is 32.2. The fraction of sp³-hybridized carbons (Fsp3) is 0.556. The second-order valence-corrected chi connectivity index (χ2v) is 4.83. The molecule has 1 saturated carbocycles. The van der Waals surface area contributed by atoms with Gasteiger partial charge in [-0.1, -0.05) is 11.8 Å². The average Bonchev–Trinajstić information content (AvgIpc) is 2.61. The summed E-state index contributed by atoms with van der Waals surface area (Å²) in [5, 5.41) is 2.59. The van der Waals surface area contributed by atoms with Crippen LogP contribution >= 0.6 is 11.8 Å². The number of nitrogens with one attached hydrogen (secondary N) is 1. The number of Topliss-reactive ketones (excluding diaryl/α,β-unsaturated/α-hetero) is 1. The van der Waals surface area contributed by atoms with E-state index in [1.165, 1.54) is 16.4 Å². The van der Waals surface area contributed by atoms with Crippen LogP contribution in [0.4, 0.5) is 0 Å². The van der Waals surface area contributed by atoms with Gasteiger partial charge in [-0.15, -0.1) is 0 Å². The maximum atomic E-state index is 11.4. The molecule has 1 aliphatic carbocycles. The van der Waals surface area contributed by atoms with Crippen molar-refractivity contribution in [1.82, 2.24) is 14.8 Å². The first-order valence-corrected chi connectivity index (χ1v) is 5.82. The molecule has 0 bridgehead atoms. The lowest BCUT2D eigenvalue weighted by atomic mass is 10.3. The first kappa shape index (κ1) is 11.1. The SMILES string of the molecule is Cn1[nH]c(=O)c(=O)nc1SC1CCCC1=O. The monoisotopic (exact) mass is 241 g/mol. The molecule has 1 aromatic heterocycles. The van der Waals surface area contributed by atoms with Gasteiger partial charge in [0, 0.05) is 13.5 Å². The Kier molecular flexibility index (Phi) is 2.95. The van der Waals surface area contributed by atoms with Crippen LogP contribution in [0.1, 0.15) is 19.3 Å². The number of rotatable bonds is 2. The number of nitrogens with zero attached hydrogens (tertiary/aromatic N) is 2. The van der Waals surface area contributed by atoms with Gasteiger partial charge in [-0.25, -0.2) is 0 Å². The molecule has 7 heteroatoms. The first-order chi connectivity index (χ1) is 7.58. The third-order valence-corrected chi connectivity index (χ3v) is 3.80. The van der Waals surface area contributed by atoms with Crippen LogP contribution in [0.5, 0.6) is 0 Å². The Balaban J connectivity index is 2.28. The van der Waals surface area contributed by atoms with Gasteiger partial charge >= 0.3 is 11.1 Å². The molecule has 2 rings (SSSR count). The third kappa shape index (κ3) is 2.08. The van der Waals surface area contributed by atoms with Gasteiger partial charge in [0.1, 0.15) is 5.78 Å². The van der Waals surface area contributed by atoms with Crippen LogP contribution in [-0.4, -0.2) is 25.8 Å². The molecule has 0 aromatic carbocycles. The molecule has 1 aliphatic rings. The highest BCUT2D eigenvalue weighted by Crippen LogP contribution is 2.30. The molecular weight excluding hydrogens is 230 g/mol. The van der Waals surface area contributed by atoms with E-state index in [1.54, 1.807) is 7.05 Å². The maximum Gasteiger partial charge on any atom is 0.339 e. The smallest absolute Gasteiger partial charge is 0.298 e. The topological polar surface area (TPSA) is 84.8 Å². The summed E-state index contributed by atoms with van der Waals surface area (Å²) in [4.78, 5) is 37.1. The molecule has 0 spiro atoms. The normalized spacial score (nSPS) is 20.3. The summed E-state index contributed by atoms with van der Waals surface area (Å²) in [6.45, 7) is 0. The molecule has 1 atom stereocenters. The van der Waals surface area contributed by atoms with Gasteiger partial charge in [0.25, 0.3) is 0 Å². The number of aromatic amines is 1. The van der Waals surface area contributed by atoms with E-state index in [9.17, 15) is 14.4 Å². The van der Waals surface area contributed by atoms with Gasteiger partial charge < -0.3 is 0 Å². The number of ketones is 1. The molecule has 1 heterocycles. The highest BCUT2D eigenvalue weighted by Gasteiger charge is 2.26. The maximum absolute atomic E-state index is 11.4. The summed E-state index contributed by atoms with van der Waals surface area (Å²) in [6.07, 6.45) is 2.28. The van der Waals surface area contributed by atoms with Gasteiger partial charge in [-0.3, -0.25) is 24.2 Å².